The lowest BCUT2D eigenvalue weighted by atomic mass is 9.83. The molecule has 0 N–H and O–H groups in total. The van der Waals surface area contributed by atoms with Gasteiger partial charge < -0.3 is 9.47 Å². The van der Waals surface area contributed by atoms with E-state index in [1.54, 1.807) is 0 Å². The molecule has 4 bridgehead atoms. The summed E-state index contributed by atoms with van der Waals surface area (Å²) < 4.78 is 11.8. The van der Waals surface area contributed by atoms with Crippen LogP contribution in [-0.4, -0.2) is 14.2 Å². The number of ether oxygens (including phenoxy) is 2. The fourth-order valence-electron chi connectivity index (χ4n) is 4.38. The molecule has 0 unspecified atom stereocenters. The van der Waals surface area contributed by atoms with E-state index in [9.17, 15) is 0 Å². The van der Waals surface area contributed by atoms with Crippen LogP contribution in [0.15, 0.2) is 24.3 Å². The van der Waals surface area contributed by atoms with Crippen LogP contribution in [0, 0.1) is 0 Å². The van der Waals surface area contributed by atoms with Gasteiger partial charge >= 0.3 is 0 Å². The Morgan fingerprint density at radius 2 is 0.862 bits per heavy atom. The van der Waals surface area contributed by atoms with Crippen molar-refractivity contribution >= 4 is 0 Å². The van der Waals surface area contributed by atoms with E-state index in [0.29, 0.717) is 0 Å². The monoisotopic (exact) mass is 394 g/mol. The van der Waals surface area contributed by atoms with Crippen LogP contribution < -0.4 is 9.47 Å². The highest BCUT2D eigenvalue weighted by molar-refractivity contribution is 5.50. The zero-order valence-electron chi connectivity index (χ0n) is 19.7. The molecule has 0 radical (unpaired) electrons. The molecule has 2 heteroatoms. The molecule has 158 valence electrons. The van der Waals surface area contributed by atoms with Crippen molar-refractivity contribution in [2.45, 2.75) is 84.5 Å². The third-order valence-electron chi connectivity index (χ3n) is 6.18. The van der Waals surface area contributed by atoms with Crippen molar-refractivity contribution in [2.75, 3.05) is 14.2 Å². The maximum atomic E-state index is 5.92. The van der Waals surface area contributed by atoms with Crippen LogP contribution in [0.25, 0.3) is 0 Å². The van der Waals surface area contributed by atoms with Gasteiger partial charge in [0.1, 0.15) is 11.5 Å². The molecule has 2 aromatic carbocycles. The Morgan fingerprint density at radius 3 is 1.14 bits per heavy atom. The molecular weight excluding hydrogens is 356 g/mol. The minimum atomic E-state index is 0.130. The predicted octanol–water partition coefficient (Wildman–Crippen LogP) is 6.57. The summed E-state index contributed by atoms with van der Waals surface area (Å²) >= 11 is 0. The molecule has 0 amide bonds. The van der Waals surface area contributed by atoms with Gasteiger partial charge in [-0.3, -0.25) is 0 Å². The first-order valence-corrected chi connectivity index (χ1v) is 10.9. The fourth-order valence-corrected chi connectivity index (χ4v) is 4.38. The molecule has 0 fully saturated rings. The lowest BCUT2D eigenvalue weighted by Crippen LogP contribution is -2.14. The summed E-state index contributed by atoms with van der Waals surface area (Å²) in [6.45, 7) is 13.8. The van der Waals surface area contributed by atoms with Crippen LogP contribution in [0.3, 0.4) is 0 Å². The molecule has 0 spiro atoms. The van der Waals surface area contributed by atoms with Gasteiger partial charge in [-0.05, 0) is 76.3 Å². The van der Waals surface area contributed by atoms with Crippen molar-refractivity contribution in [3.63, 3.8) is 0 Å². The number of fused-ring (bicyclic) bond motifs is 4. The molecule has 3 rings (SSSR count). The number of hydrogen-bond donors (Lipinski definition) is 0. The number of methoxy groups -OCH3 is 2. The molecule has 2 aromatic rings. The lowest BCUT2D eigenvalue weighted by molar-refractivity contribution is 0.402. The van der Waals surface area contributed by atoms with Gasteiger partial charge in [-0.1, -0.05) is 65.8 Å². The zero-order valence-corrected chi connectivity index (χ0v) is 19.7. The van der Waals surface area contributed by atoms with Gasteiger partial charge in [0.2, 0.25) is 0 Å². The summed E-state index contributed by atoms with van der Waals surface area (Å²) in [5, 5.41) is 0. The summed E-state index contributed by atoms with van der Waals surface area (Å²) in [7, 11) is 3.63. The second kappa shape index (κ2) is 8.05. The largest absolute Gasteiger partial charge is 0.496 e. The molecule has 2 nitrogen and oxygen atoms in total. The van der Waals surface area contributed by atoms with E-state index in [2.05, 4.69) is 65.8 Å². The summed E-state index contributed by atoms with van der Waals surface area (Å²) in [6, 6.07) is 9.46. The van der Waals surface area contributed by atoms with Crippen molar-refractivity contribution in [1.82, 2.24) is 0 Å². The normalized spacial score (nSPS) is 14.9. The van der Waals surface area contributed by atoms with Crippen molar-refractivity contribution in [2.24, 2.45) is 0 Å². The third-order valence-corrected chi connectivity index (χ3v) is 6.18. The van der Waals surface area contributed by atoms with Gasteiger partial charge in [-0.15, -0.1) is 0 Å². The molecule has 0 heterocycles. The number of hydrogen-bond acceptors (Lipinski definition) is 2. The third kappa shape index (κ3) is 4.63. The number of rotatable bonds is 2. The average molecular weight is 395 g/mol. The average Bonchev–Trinajstić information content (AvgIpc) is 2.64. The predicted molar refractivity (Wildman–Crippen MR) is 123 cm³/mol. The Kier molecular flexibility index (Phi) is 6.03. The van der Waals surface area contributed by atoms with Gasteiger partial charge in [0.05, 0.1) is 14.2 Å². The summed E-state index contributed by atoms with van der Waals surface area (Å²) in [5.74, 6) is 2.17. The van der Waals surface area contributed by atoms with Crippen molar-refractivity contribution < 1.29 is 9.47 Å². The maximum Gasteiger partial charge on any atom is 0.125 e. The summed E-state index contributed by atoms with van der Waals surface area (Å²) in [4.78, 5) is 0. The number of benzene rings is 2. The van der Waals surface area contributed by atoms with Crippen LogP contribution in [0.1, 0.15) is 81.3 Å². The maximum absolute atomic E-state index is 5.92. The SMILES string of the molecule is COc1c2cc(C(C)(C)C)cc1CCc1cc(C(C)(C)C)cc(c1OC)CCC2. The Labute approximate surface area is 177 Å². The minimum Gasteiger partial charge on any atom is -0.496 e. The Bertz CT molecular complexity index is 805. The molecule has 1 aliphatic rings. The van der Waals surface area contributed by atoms with Gasteiger partial charge in [-0.25, -0.2) is 0 Å². The van der Waals surface area contributed by atoms with E-state index in [1.807, 2.05) is 14.2 Å². The lowest BCUT2D eigenvalue weighted by Gasteiger charge is -2.24. The molecule has 0 saturated carbocycles. The van der Waals surface area contributed by atoms with Crippen LogP contribution in [-0.2, 0) is 36.5 Å². The van der Waals surface area contributed by atoms with Crippen LogP contribution in [0.5, 0.6) is 11.5 Å². The molecule has 29 heavy (non-hydrogen) atoms. The second-order valence-electron chi connectivity index (χ2n) is 10.5. The van der Waals surface area contributed by atoms with E-state index in [-0.39, 0.29) is 10.8 Å². The van der Waals surface area contributed by atoms with E-state index >= 15 is 0 Å². The highest BCUT2D eigenvalue weighted by Crippen LogP contribution is 2.38. The van der Waals surface area contributed by atoms with Gasteiger partial charge in [-0.2, -0.15) is 0 Å². The molecule has 1 aliphatic carbocycles. The Hall–Kier alpha value is -1.96. The van der Waals surface area contributed by atoms with Crippen molar-refractivity contribution in [3.8, 4) is 11.5 Å². The highest BCUT2D eigenvalue weighted by atomic mass is 16.5. The van der Waals surface area contributed by atoms with E-state index in [0.717, 1.165) is 43.6 Å². The summed E-state index contributed by atoms with van der Waals surface area (Å²) in [5.41, 5.74) is 8.39. The molecule has 0 aliphatic heterocycles. The topological polar surface area (TPSA) is 18.5 Å². The first-order chi connectivity index (χ1) is 13.5. The van der Waals surface area contributed by atoms with E-state index < -0.39 is 0 Å². The quantitative estimate of drug-likeness (QED) is 0.573. The Balaban J connectivity index is 2.14. The molecular formula is C27H38O2. The van der Waals surface area contributed by atoms with Gasteiger partial charge in [0.15, 0.2) is 0 Å². The van der Waals surface area contributed by atoms with Gasteiger partial charge in [0.25, 0.3) is 0 Å². The molecule has 0 atom stereocenters. The Morgan fingerprint density at radius 1 is 0.552 bits per heavy atom. The number of aryl methyl sites for hydroxylation is 4. The van der Waals surface area contributed by atoms with Crippen LogP contribution in [0.4, 0.5) is 0 Å². The van der Waals surface area contributed by atoms with Crippen molar-refractivity contribution in [3.05, 3.63) is 57.6 Å². The van der Waals surface area contributed by atoms with E-state index in [4.69, 9.17) is 9.47 Å². The van der Waals surface area contributed by atoms with E-state index in [1.165, 1.54) is 33.4 Å². The molecule has 0 saturated heterocycles. The van der Waals surface area contributed by atoms with Crippen LogP contribution in [0.2, 0.25) is 0 Å². The van der Waals surface area contributed by atoms with Crippen molar-refractivity contribution in [1.29, 1.82) is 0 Å². The molecule has 0 aromatic heterocycles. The van der Waals surface area contributed by atoms with Gasteiger partial charge in [0, 0.05) is 0 Å². The highest BCUT2D eigenvalue weighted by Gasteiger charge is 2.23. The summed E-state index contributed by atoms with van der Waals surface area (Å²) in [6.07, 6.45) is 5.07. The first kappa shape index (κ1) is 21.7. The smallest absolute Gasteiger partial charge is 0.125 e. The minimum absolute atomic E-state index is 0.130. The second-order valence-corrected chi connectivity index (χ2v) is 10.5. The van der Waals surface area contributed by atoms with Crippen LogP contribution >= 0.6 is 0 Å². The first-order valence-electron chi connectivity index (χ1n) is 10.9. The zero-order chi connectivity index (χ0) is 21.4. The standard InChI is InChI=1S/C27H38O2/c1-26(2,3)22-14-18-10-9-11-19-15-23(27(4,5)6)17-21(25(19)29-8)13-12-20(16-22)24(18)28-7/h14-17H,9-13H2,1-8H3. The fraction of sp³-hybridized carbons (Fsp3) is 0.556.